The summed E-state index contributed by atoms with van der Waals surface area (Å²) in [7, 11) is 0. The first-order chi connectivity index (χ1) is 8.51. The van der Waals surface area contributed by atoms with Gasteiger partial charge in [0.05, 0.1) is 11.7 Å². The number of hydrogen-bond acceptors (Lipinski definition) is 1. The third kappa shape index (κ3) is 4.53. The molecule has 0 aliphatic rings. The molecule has 0 bridgehead atoms. The van der Waals surface area contributed by atoms with Gasteiger partial charge in [-0.3, -0.25) is 0 Å². The van der Waals surface area contributed by atoms with Crippen molar-refractivity contribution in [1.82, 2.24) is 0 Å². The molecular weight excluding hydrogens is 253 g/mol. The van der Waals surface area contributed by atoms with Crippen molar-refractivity contribution in [2.75, 3.05) is 0 Å². The van der Waals surface area contributed by atoms with Gasteiger partial charge in [0.2, 0.25) is 0 Å². The average molecular weight is 274 g/mol. The molecule has 0 aromatic heterocycles. The summed E-state index contributed by atoms with van der Waals surface area (Å²) in [5.41, 5.74) is 0.650. The van der Waals surface area contributed by atoms with E-state index in [9.17, 15) is 18.3 Å². The number of halogens is 3. The van der Waals surface area contributed by atoms with E-state index in [4.69, 9.17) is 0 Å². The first kappa shape index (κ1) is 16.0. The monoisotopic (exact) mass is 274 g/mol. The Bertz CT molecular complexity index is 430. The lowest BCUT2D eigenvalue weighted by Gasteiger charge is -2.26. The molecule has 1 atom stereocenters. The number of hydrogen-bond donors (Lipinski definition) is 1. The molecule has 4 heteroatoms. The summed E-state index contributed by atoms with van der Waals surface area (Å²) in [5.74, 6) is 0. The molecule has 0 aliphatic heterocycles. The van der Waals surface area contributed by atoms with E-state index in [1.54, 1.807) is 6.92 Å². The Hall–Kier alpha value is -1.03. The molecule has 1 rings (SSSR count). The second kappa shape index (κ2) is 5.53. The number of aliphatic hydroxyl groups excluding tert-OH is 1. The van der Waals surface area contributed by atoms with Crippen molar-refractivity contribution >= 4 is 0 Å². The second-order valence-electron chi connectivity index (χ2n) is 6.06. The van der Waals surface area contributed by atoms with Crippen molar-refractivity contribution in [1.29, 1.82) is 0 Å². The fourth-order valence-corrected chi connectivity index (χ4v) is 1.88. The van der Waals surface area contributed by atoms with Crippen LogP contribution < -0.4 is 0 Å². The van der Waals surface area contributed by atoms with Crippen LogP contribution in [0.25, 0.3) is 0 Å². The highest BCUT2D eigenvalue weighted by Crippen LogP contribution is 2.31. The highest BCUT2D eigenvalue weighted by molar-refractivity contribution is 5.32. The number of aliphatic hydroxyl groups is 1. The van der Waals surface area contributed by atoms with Gasteiger partial charge in [-0.2, -0.15) is 13.2 Å². The molecule has 1 aromatic carbocycles. The molecule has 0 spiro atoms. The Morgan fingerprint density at radius 1 is 1.16 bits per heavy atom. The van der Waals surface area contributed by atoms with E-state index in [1.165, 1.54) is 12.1 Å². The molecule has 1 nitrogen and oxygen atoms in total. The van der Waals surface area contributed by atoms with Crippen LogP contribution in [0.4, 0.5) is 13.2 Å². The van der Waals surface area contributed by atoms with Gasteiger partial charge < -0.3 is 5.11 Å². The minimum atomic E-state index is -4.30. The van der Waals surface area contributed by atoms with Crippen molar-refractivity contribution in [3.05, 3.63) is 34.9 Å². The molecule has 1 N–H and O–H groups in total. The van der Waals surface area contributed by atoms with Crippen LogP contribution in [0.1, 0.15) is 43.9 Å². The van der Waals surface area contributed by atoms with Crippen LogP contribution in [-0.4, -0.2) is 11.2 Å². The van der Waals surface area contributed by atoms with Crippen molar-refractivity contribution in [3.8, 4) is 0 Å². The van der Waals surface area contributed by atoms with Crippen molar-refractivity contribution < 1.29 is 18.3 Å². The Balaban J connectivity index is 2.77. The largest absolute Gasteiger partial charge is 0.416 e. The third-order valence-electron chi connectivity index (χ3n) is 3.36. The van der Waals surface area contributed by atoms with E-state index in [-0.39, 0.29) is 5.41 Å². The zero-order valence-corrected chi connectivity index (χ0v) is 11.8. The van der Waals surface area contributed by atoms with Crippen molar-refractivity contribution in [3.63, 3.8) is 0 Å². The van der Waals surface area contributed by atoms with Gasteiger partial charge >= 0.3 is 6.18 Å². The highest BCUT2D eigenvalue weighted by atomic mass is 19.4. The summed E-state index contributed by atoms with van der Waals surface area (Å²) in [4.78, 5) is 0. The predicted octanol–water partition coefficient (Wildman–Crippen LogP) is 4.35. The summed E-state index contributed by atoms with van der Waals surface area (Å²) in [6.07, 6.45) is -3.62. The Morgan fingerprint density at radius 3 is 2.16 bits per heavy atom. The van der Waals surface area contributed by atoms with Crippen LogP contribution in [0.3, 0.4) is 0 Å². The Labute approximate surface area is 112 Å². The van der Waals surface area contributed by atoms with Crippen molar-refractivity contribution in [2.45, 2.75) is 52.8 Å². The van der Waals surface area contributed by atoms with E-state index >= 15 is 0 Å². The van der Waals surface area contributed by atoms with Gasteiger partial charge in [0.25, 0.3) is 0 Å². The second-order valence-corrected chi connectivity index (χ2v) is 6.06. The molecule has 0 radical (unpaired) electrons. The van der Waals surface area contributed by atoms with Crippen LogP contribution in [0.5, 0.6) is 0 Å². The van der Waals surface area contributed by atoms with Gasteiger partial charge in [-0.05, 0) is 48.4 Å². The normalized spacial score (nSPS) is 14.5. The highest BCUT2D eigenvalue weighted by Gasteiger charge is 2.30. The minimum absolute atomic E-state index is 0.209. The predicted molar refractivity (Wildman–Crippen MR) is 70.0 cm³/mol. The van der Waals surface area contributed by atoms with Crippen LogP contribution in [-0.2, 0) is 12.6 Å². The molecule has 1 unspecified atom stereocenters. The van der Waals surface area contributed by atoms with E-state index in [0.29, 0.717) is 18.4 Å². The van der Waals surface area contributed by atoms with Gasteiger partial charge in [-0.1, -0.05) is 26.8 Å². The maximum Gasteiger partial charge on any atom is 0.416 e. The Kier molecular flexibility index (Phi) is 4.67. The summed E-state index contributed by atoms with van der Waals surface area (Å²) >= 11 is 0. The fourth-order valence-electron chi connectivity index (χ4n) is 1.88. The third-order valence-corrected chi connectivity index (χ3v) is 3.36. The lowest BCUT2D eigenvalue weighted by molar-refractivity contribution is -0.137. The molecule has 0 amide bonds. The number of benzene rings is 1. The lowest BCUT2D eigenvalue weighted by atomic mass is 9.85. The quantitative estimate of drug-likeness (QED) is 0.868. The molecule has 0 saturated carbocycles. The van der Waals surface area contributed by atoms with Crippen LogP contribution >= 0.6 is 0 Å². The summed E-state index contributed by atoms with van der Waals surface area (Å²) < 4.78 is 37.6. The standard InChI is InChI=1S/C15H21F3O/c1-10-9-12(15(16,17)18)7-5-11(10)6-8-13(19)14(2,3)4/h5,7,9,13,19H,6,8H2,1-4H3. The number of rotatable bonds is 3. The zero-order valence-electron chi connectivity index (χ0n) is 11.8. The van der Waals surface area contributed by atoms with Gasteiger partial charge in [-0.25, -0.2) is 0 Å². The van der Waals surface area contributed by atoms with E-state index in [1.807, 2.05) is 20.8 Å². The molecule has 108 valence electrons. The van der Waals surface area contributed by atoms with Crippen LogP contribution in [0.15, 0.2) is 18.2 Å². The molecular formula is C15H21F3O. The number of aryl methyl sites for hydroxylation is 2. The van der Waals surface area contributed by atoms with E-state index < -0.39 is 17.8 Å². The molecule has 0 heterocycles. The first-order valence-corrected chi connectivity index (χ1v) is 6.36. The van der Waals surface area contributed by atoms with Crippen LogP contribution in [0.2, 0.25) is 0 Å². The van der Waals surface area contributed by atoms with Crippen LogP contribution in [0, 0.1) is 12.3 Å². The zero-order chi connectivity index (χ0) is 14.8. The molecule has 0 aliphatic carbocycles. The lowest BCUT2D eigenvalue weighted by Crippen LogP contribution is -2.26. The molecule has 19 heavy (non-hydrogen) atoms. The minimum Gasteiger partial charge on any atom is -0.393 e. The van der Waals surface area contributed by atoms with E-state index in [2.05, 4.69) is 0 Å². The topological polar surface area (TPSA) is 20.2 Å². The molecule has 1 aromatic rings. The summed E-state index contributed by atoms with van der Waals surface area (Å²) in [6, 6.07) is 3.78. The average Bonchev–Trinajstić information content (AvgIpc) is 2.24. The fraction of sp³-hybridized carbons (Fsp3) is 0.600. The summed E-state index contributed by atoms with van der Waals surface area (Å²) in [5, 5.41) is 9.94. The molecule has 0 saturated heterocycles. The maximum absolute atomic E-state index is 12.5. The Morgan fingerprint density at radius 2 is 1.74 bits per heavy atom. The van der Waals surface area contributed by atoms with Gasteiger partial charge in [0, 0.05) is 0 Å². The van der Waals surface area contributed by atoms with Crippen molar-refractivity contribution in [2.24, 2.45) is 5.41 Å². The first-order valence-electron chi connectivity index (χ1n) is 6.36. The SMILES string of the molecule is Cc1cc(C(F)(F)F)ccc1CCC(O)C(C)(C)C. The van der Waals surface area contributed by atoms with Gasteiger partial charge in [-0.15, -0.1) is 0 Å². The molecule has 0 fully saturated rings. The van der Waals surface area contributed by atoms with E-state index in [0.717, 1.165) is 11.6 Å². The number of alkyl halides is 3. The summed E-state index contributed by atoms with van der Waals surface area (Å²) in [6.45, 7) is 7.50. The maximum atomic E-state index is 12.5. The van der Waals surface area contributed by atoms with Gasteiger partial charge in [0.1, 0.15) is 0 Å². The smallest absolute Gasteiger partial charge is 0.393 e. The van der Waals surface area contributed by atoms with Gasteiger partial charge in [0.15, 0.2) is 0 Å².